The van der Waals surface area contributed by atoms with Crippen molar-refractivity contribution in [1.82, 2.24) is 14.9 Å². The quantitative estimate of drug-likeness (QED) is 0.632. The summed E-state index contributed by atoms with van der Waals surface area (Å²) in [6.07, 6.45) is 6.58. The van der Waals surface area contributed by atoms with E-state index in [9.17, 15) is 14.0 Å². The molecule has 2 aromatic carbocycles. The van der Waals surface area contributed by atoms with Crippen LogP contribution in [0.15, 0.2) is 47.3 Å². The van der Waals surface area contributed by atoms with Crippen molar-refractivity contribution in [1.29, 1.82) is 0 Å². The van der Waals surface area contributed by atoms with Gasteiger partial charge in [-0.25, -0.2) is 9.37 Å². The highest BCUT2D eigenvalue weighted by atomic mass is 19.1. The molecule has 0 spiro atoms. The molecule has 34 heavy (non-hydrogen) atoms. The molecular weight excluding hydrogens is 433 g/mol. The first-order chi connectivity index (χ1) is 16.6. The van der Waals surface area contributed by atoms with E-state index in [-0.39, 0.29) is 22.7 Å². The van der Waals surface area contributed by atoms with Crippen LogP contribution in [0.5, 0.6) is 0 Å². The number of nitrogens with zero attached hydrogens (tertiary/aromatic N) is 2. The molecule has 1 aromatic heterocycles. The second-order valence-electron chi connectivity index (χ2n) is 9.46. The number of rotatable bonds is 4. The average molecular weight is 464 g/mol. The van der Waals surface area contributed by atoms with E-state index in [1.165, 1.54) is 12.1 Å². The van der Waals surface area contributed by atoms with Crippen LogP contribution < -0.4 is 10.9 Å². The number of amides is 1. The summed E-state index contributed by atoms with van der Waals surface area (Å²) < 4.78 is 20.9. The number of fused-ring (bicyclic) bond motifs is 2. The van der Waals surface area contributed by atoms with E-state index < -0.39 is 0 Å². The minimum Gasteiger partial charge on any atom is -0.381 e. The summed E-state index contributed by atoms with van der Waals surface area (Å²) >= 11 is 0. The van der Waals surface area contributed by atoms with Gasteiger partial charge >= 0.3 is 0 Å². The minimum atomic E-state index is -0.300. The van der Waals surface area contributed by atoms with Gasteiger partial charge in [0.1, 0.15) is 11.6 Å². The molecule has 3 heterocycles. The number of aromatic nitrogens is 2. The molecular formula is C27H30FN3O3. The summed E-state index contributed by atoms with van der Waals surface area (Å²) in [5.74, 6) is 0.332. The van der Waals surface area contributed by atoms with Gasteiger partial charge in [-0.1, -0.05) is 25.0 Å². The standard InChI is InChI=1S/C27H30FN3O3/c28-21-9-7-20(8-10-21)27(12-15-34-16-13-27)18-29-25(32)19-6-11-22-23(17-19)30-24-5-3-1-2-4-14-31(24)26(22)33/h6-11,17H,1-5,12-16,18H2,(H,29,32). The Bertz CT molecular complexity index is 1250. The van der Waals surface area contributed by atoms with Crippen LogP contribution in [-0.4, -0.2) is 35.2 Å². The van der Waals surface area contributed by atoms with Gasteiger partial charge in [-0.3, -0.25) is 14.2 Å². The number of benzene rings is 2. The van der Waals surface area contributed by atoms with Crippen LogP contribution in [0.2, 0.25) is 0 Å². The lowest BCUT2D eigenvalue weighted by Gasteiger charge is -2.38. The monoisotopic (exact) mass is 463 g/mol. The smallest absolute Gasteiger partial charge is 0.261 e. The van der Waals surface area contributed by atoms with E-state index in [0.717, 1.165) is 56.3 Å². The SMILES string of the molecule is O=C(NCC1(c2ccc(F)cc2)CCOCC1)c1ccc2c(=O)n3c(nc2c1)CCCCCC3. The Hall–Kier alpha value is -3.06. The Kier molecular flexibility index (Phi) is 6.46. The molecule has 1 amide bonds. The maximum atomic E-state index is 13.5. The molecule has 3 aromatic rings. The number of ether oxygens (including phenoxy) is 1. The zero-order valence-corrected chi connectivity index (χ0v) is 19.3. The molecule has 0 bridgehead atoms. The van der Waals surface area contributed by atoms with Crippen LogP contribution in [-0.2, 0) is 23.1 Å². The Morgan fingerprint density at radius 1 is 1.06 bits per heavy atom. The maximum absolute atomic E-state index is 13.5. The van der Waals surface area contributed by atoms with Crippen molar-refractivity contribution in [3.8, 4) is 0 Å². The van der Waals surface area contributed by atoms with Gasteiger partial charge in [0.15, 0.2) is 0 Å². The first-order valence-electron chi connectivity index (χ1n) is 12.2. The van der Waals surface area contributed by atoms with Gasteiger partial charge in [0, 0.05) is 43.7 Å². The van der Waals surface area contributed by atoms with Gasteiger partial charge in [-0.15, -0.1) is 0 Å². The largest absolute Gasteiger partial charge is 0.381 e. The molecule has 0 saturated carbocycles. The first-order valence-corrected chi connectivity index (χ1v) is 12.2. The zero-order chi connectivity index (χ0) is 23.5. The third-order valence-electron chi connectivity index (χ3n) is 7.32. The van der Waals surface area contributed by atoms with E-state index in [0.29, 0.717) is 42.8 Å². The van der Waals surface area contributed by atoms with E-state index >= 15 is 0 Å². The molecule has 2 aliphatic heterocycles. The van der Waals surface area contributed by atoms with Crippen molar-refractivity contribution in [2.45, 2.75) is 56.9 Å². The molecule has 1 fully saturated rings. The summed E-state index contributed by atoms with van der Waals surface area (Å²) in [5, 5.41) is 3.63. The second-order valence-corrected chi connectivity index (χ2v) is 9.46. The van der Waals surface area contributed by atoms with E-state index in [1.807, 2.05) is 0 Å². The normalized spacial score (nSPS) is 18.0. The Labute approximate surface area is 198 Å². The molecule has 0 atom stereocenters. The fraction of sp³-hybridized carbons (Fsp3) is 0.444. The first kappa shape index (κ1) is 22.7. The highest BCUT2D eigenvalue weighted by Gasteiger charge is 2.35. The molecule has 0 aliphatic carbocycles. The van der Waals surface area contributed by atoms with Gasteiger partial charge in [0.2, 0.25) is 0 Å². The number of aryl methyl sites for hydroxylation is 1. The summed E-state index contributed by atoms with van der Waals surface area (Å²) in [6.45, 7) is 2.33. The Morgan fingerprint density at radius 3 is 2.62 bits per heavy atom. The van der Waals surface area contributed by atoms with E-state index in [4.69, 9.17) is 9.72 Å². The van der Waals surface area contributed by atoms with E-state index in [1.54, 1.807) is 34.9 Å². The lowest BCUT2D eigenvalue weighted by molar-refractivity contribution is 0.0487. The third-order valence-corrected chi connectivity index (χ3v) is 7.32. The number of hydrogen-bond donors (Lipinski definition) is 1. The molecule has 1 saturated heterocycles. The van der Waals surface area contributed by atoms with Gasteiger partial charge in [0.05, 0.1) is 10.9 Å². The molecule has 1 N–H and O–H groups in total. The molecule has 2 aliphatic rings. The lowest BCUT2D eigenvalue weighted by Crippen LogP contribution is -2.44. The maximum Gasteiger partial charge on any atom is 0.261 e. The summed E-state index contributed by atoms with van der Waals surface area (Å²) in [6, 6.07) is 11.7. The van der Waals surface area contributed by atoms with Crippen LogP contribution in [0.4, 0.5) is 4.39 Å². The summed E-state index contributed by atoms with van der Waals surface area (Å²) in [4.78, 5) is 30.9. The second kappa shape index (κ2) is 9.66. The van der Waals surface area contributed by atoms with Gasteiger partial charge in [-0.2, -0.15) is 0 Å². The molecule has 7 heteroatoms. The Morgan fingerprint density at radius 2 is 1.82 bits per heavy atom. The van der Waals surface area contributed by atoms with Crippen LogP contribution in [0.3, 0.4) is 0 Å². The highest BCUT2D eigenvalue weighted by Crippen LogP contribution is 2.34. The number of nitrogens with one attached hydrogen (secondary N) is 1. The molecule has 178 valence electrons. The zero-order valence-electron chi connectivity index (χ0n) is 19.3. The molecule has 6 nitrogen and oxygen atoms in total. The van der Waals surface area contributed by atoms with E-state index in [2.05, 4.69) is 5.32 Å². The number of hydrogen-bond acceptors (Lipinski definition) is 4. The van der Waals surface area contributed by atoms with Crippen molar-refractivity contribution in [2.24, 2.45) is 0 Å². The van der Waals surface area contributed by atoms with Crippen LogP contribution in [0, 0.1) is 5.82 Å². The fourth-order valence-electron chi connectivity index (χ4n) is 5.22. The van der Waals surface area contributed by atoms with Crippen molar-refractivity contribution >= 4 is 16.8 Å². The summed E-state index contributed by atoms with van der Waals surface area (Å²) in [7, 11) is 0. The fourth-order valence-corrected chi connectivity index (χ4v) is 5.22. The number of carbonyl (C=O) groups is 1. The van der Waals surface area contributed by atoms with Crippen molar-refractivity contribution in [3.05, 3.63) is 75.6 Å². The Balaban J connectivity index is 1.40. The molecule has 5 rings (SSSR count). The predicted octanol–water partition coefficient (Wildman–Crippen LogP) is 4.13. The van der Waals surface area contributed by atoms with Crippen molar-refractivity contribution in [2.75, 3.05) is 19.8 Å². The molecule has 0 radical (unpaired) electrons. The number of carbonyl (C=O) groups excluding carboxylic acids is 1. The van der Waals surface area contributed by atoms with Gasteiger partial charge < -0.3 is 10.1 Å². The molecule has 0 unspecified atom stereocenters. The summed E-state index contributed by atoms with van der Waals surface area (Å²) in [5.41, 5.74) is 1.74. The van der Waals surface area contributed by atoms with Crippen LogP contribution >= 0.6 is 0 Å². The van der Waals surface area contributed by atoms with Crippen LogP contribution in [0.1, 0.15) is 60.3 Å². The minimum absolute atomic E-state index is 0.0219. The number of halogens is 1. The highest BCUT2D eigenvalue weighted by molar-refractivity contribution is 5.97. The van der Waals surface area contributed by atoms with Crippen LogP contribution in [0.25, 0.3) is 10.9 Å². The third kappa shape index (κ3) is 4.49. The predicted molar refractivity (Wildman–Crippen MR) is 129 cm³/mol. The average Bonchev–Trinajstić information content (AvgIpc) is 2.84. The van der Waals surface area contributed by atoms with Crippen molar-refractivity contribution in [3.63, 3.8) is 0 Å². The lowest BCUT2D eigenvalue weighted by atomic mass is 9.74. The van der Waals surface area contributed by atoms with Crippen molar-refractivity contribution < 1.29 is 13.9 Å². The topological polar surface area (TPSA) is 73.2 Å². The van der Waals surface area contributed by atoms with Gasteiger partial charge in [-0.05, 0) is 61.6 Å². The van der Waals surface area contributed by atoms with Gasteiger partial charge in [0.25, 0.3) is 11.5 Å².